The van der Waals surface area contributed by atoms with E-state index in [-0.39, 0.29) is 0 Å². The second kappa shape index (κ2) is 28.4. The van der Waals surface area contributed by atoms with Crippen molar-refractivity contribution in [3.63, 3.8) is 0 Å². The maximum absolute atomic E-state index is 5.54. The predicted octanol–water partition coefficient (Wildman–Crippen LogP) is 9.54. The van der Waals surface area contributed by atoms with Crippen LogP contribution in [-0.4, -0.2) is 20.0 Å². The summed E-state index contributed by atoms with van der Waals surface area (Å²) in [5.41, 5.74) is 0. The third kappa shape index (κ3) is 27.4. The number of allylic oxidation sites excluding steroid dienone is 3. The van der Waals surface area contributed by atoms with Crippen LogP contribution >= 0.6 is 0 Å². The zero-order chi connectivity index (χ0) is 21.8. The fraction of sp³-hybridized carbons (Fsp3) is 0.857. The summed E-state index contributed by atoms with van der Waals surface area (Å²) in [4.78, 5) is 0. The van der Waals surface area contributed by atoms with E-state index >= 15 is 0 Å². The van der Waals surface area contributed by atoms with Gasteiger partial charge in [0.15, 0.2) is 0 Å². The lowest BCUT2D eigenvalue weighted by molar-refractivity contribution is -0.0531. The Morgan fingerprint density at radius 2 is 0.833 bits per heavy atom. The van der Waals surface area contributed by atoms with E-state index in [1.165, 1.54) is 116 Å². The van der Waals surface area contributed by atoms with Gasteiger partial charge in [0.05, 0.1) is 6.61 Å². The standard InChI is InChI=1S/C28H54O2/c1-3-5-7-9-11-12-13-14-15-16-17-18-19-21-23-25-27-30-28-29-26-24-22-20-10-8-6-4-2/h9,11,21,23H,3-8,10,12-20,22,24-28H2,1-2H3/b11-9-,23-21-. The second-order valence-corrected chi connectivity index (χ2v) is 8.63. The molecule has 0 N–H and O–H groups in total. The first kappa shape index (κ1) is 29.4. The topological polar surface area (TPSA) is 18.5 Å². The summed E-state index contributed by atoms with van der Waals surface area (Å²) in [5.74, 6) is 0. The molecule has 0 radical (unpaired) electrons. The van der Waals surface area contributed by atoms with Gasteiger partial charge in [-0.1, -0.05) is 115 Å². The van der Waals surface area contributed by atoms with Crippen LogP contribution in [0.4, 0.5) is 0 Å². The Hall–Kier alpha value is -0.600. The molecule has 0 rings (SSSR count). The summed E-state index contributed by atoms with van der Waals surface area (Å²) in [6.45, 7) is 6.60. The smallest absolute Gasteiger partial charge is 0.146 e. The molecular formula is C28H54O2. The SMILES string of the molecule is CCCC/C=C\CCCCCCCC/C=C\CCOCOCCCCCCCCC. The van der Waals surface area contributed by atoms with Gasteiger partial charge in [0, 0.05) is 6.61 Å². The van der Waals surface area contributed by atoms with Gasteiger partial charge in [-0.3, -0.25) is 0 Å². The number of unbranched alkanes of at least 4 members (excludes halogenated alkanes) is 15. The van der Waals surface area contributed by atoms with Crippen LogP contribution in [0.25, 0.3) is 0 Å². The highest BCUT2D eigenvalue weighted by molar-refractivity contribution is 4.82. The van der Waals surface area contributed by atoms with Gasteiger partial charge < -0.3 is 9.47 Å². The van der Waals surface area contributed by atoms with Crippen molar-refractivity contribution in [1.29, 1.82) is 0 Å². The Bertz CT molecular complexity index is 349. The minimum absolute atomic E-state index is 0.457. The normalized spacial score (nSPS) is 11.9. The van der Waals surface area contributed by atoms with Crippen LogP contribution in [0.3, 0.4) is 0 Å². The van der Waals surface area contributed by atoms with Crippen LogP contribution in [0.2, 0.25) is 0 Å². The molecule has 30 heavy (non-hydrogen) atoms. The maximum atomic E-state index is 5.54. The van der Waals surface area contributed by atoms with Crippen LogP contribution in [0.1, 0.15) is 136 Å². The van der Waals surface area contributed by atoms with Crippen LogP contribution in [0.5, 0.6) is 0 Å². The van der Waals surface area contributed by atoms with E-state index in [1.54, 1.807) is 0 Å². The van der Waals surface area contributed by atoms with Gasteiger partial charge in [-0.05, 0) is 44.9 Å². The minimum Gasteiger partial charge on any atom is -0.355 e. The van der Waals surface area contributed by atoms with Crippen molar-refractivity contribution >= 4 is 0 Å². The molecule has 0 bridgehead atoms. The highest BCUT2D eigenvalue weighted by Crippen LogP contribution is 2.10. The molecule has 0 saturated carbocycles. The van der Waals surface area contributed by atoms with E-state index in [1.807, 2.05) is 0 Å². The van der Waals surface area contributed by atoms with Gasteiger partial charge >= 0.3 is 0 Å². The lowest BCUT2D eigenvalue weighted by atomic mass is 10.1. The number of hydrogen-bond acceptors (Lipinski definition) is 2. The first-order chi connectivity index (χ1) is 14.9. The Labute approximate surface area is 189 Å². The van der Waals surface area contributed by atoms with Crippen molar-refractivity contribution in [1.82, 2.24) is 0 Å². The molecule has 0 aromatic carbocycles. The molecule has 0 aliphatic rings. The zero-order valence-corrected chi connectivity index (χ0v) is 20.7. The molecule has 0 unspecified atom stereocenters. The largest absolute Gasteiger partial charge is 0.355 e. The van der Waals surface area contributed by atoms with Crippen molar-refractivity contribution in [2.45, 2.75) is 136 Å². The fourth-order valence-corrected chi connectivity index (χ4v) is 3.51. The van der Waals surface area contributed by atoms with Crippen molar-refractivity contribution in [2.75, 3.05) is 20.0 Å². The Morgan fingerprint density at radius 1 is 0.400 bits per heavy atom. The summed E-state index contributed by atoms with van der Waals surface area (Å²) in [6, 6.07) is 0. The number of hydrogen-bond donors (Lipinski definition) is 0. The first-order valence-corrected chi connectivity index (χ1v) is 13.4. The molecule has 0 atom stereocenters. The molecule has 0 amide bonds. The van der Waals surface area contributed by atoms with Crippen molar-refractivity contribution in [2.24, 2.45) is 0 Å². The highest BCUT2D eigenvalue weighted by atomic mass is 16.7. The fourth-order valence-electron chi connectivity index (χ4n) is 3.51. The van der Waals surface area contributed by atoms with Crippen LogP contribution in [0.15, 0.2) is 24.3 Å². The van der Waals surface area contributed by atoms with E-state index in [2.05, 4.69) is 38.2 Å². The molecule has 0 fully saturated rings. The molecule has 0 aliphatic carbocycles. The van der Waals surface area contributed by atoms with Gasteiger partial charge in [0.2, 0.25) is 0 Å². The number of ether oxygens (including phenoxy) is 2. The van der Waals surface area contributed by atoms with E-state index in [0.29, 0.717) is 6.79 Å². The monoisotopic (exact) mass is 422 g/mol. The maximum Gasteiger partial charge on any atom is 0.146 e. The van der Waals surface area contributed by atoms with Gasteiger partial charge in [-0.25, -0.2) is 0 Å². The number of rotatable bonds is 25. The molecule has 0 aromatic heterocycles. The summed E-state index contributed by atoms with van der Waals surface area (Å²) in [7, 11) is 0. The van der Waals surface area contributed by atoms with Gasteiger partial charge in [-0.15, -0.1) is 0 Å². The third-order valence-electron chi connectivity index (χ3n) is 5.54. The van der Waals surface area contributed by atoms with Crippen LogP contribution in [-0.2, 0) is 9.47 Å². The van der Waals surface area contributed by atoms with Crippen LogP contribution in [0, 0.1) is 0 Å². The van der Waals surface area contributed by atoms with E-state index in [4.69, 9.17) is 9.47 Å². The third-order valence-corrected chi connectivity index (χ3v) is 5.54. The Kier molecular flexibility index (Phi) is 27.8. The van der Waals surface area contributed by atoms with E-state index in [0.717, 1.165) is 19.6 Å². The molecule has 0 heterocycles. The average Bonchev–Trinajstić information content (AvgIpc) is 2.76. The van der Waals surface area contributed by atoms with Gasteiger partial charge in [0.25, 0.3) is 0 Å². The highest BCUT2D eigenvalue weighted by Gasteiger charge is 1.93. The molecule has 178 valence electrons. The molecule has 0 spiro atoms. The molecule has 2 heteroatoms. The molecule has 0 saturated heterocycles. The van der Waals surface area contributed by atoms with E-state index in [9.17, 15) is 0 Å². The summed E-state index contributed by atoms with van der Waals surface area (Å²) >= 11 is 0. The lowest BCUT2D eigenvalue weighted by Crippen LogP contribution is -2.02. The summed E-state index contributed by atoms with van der Waals surface area (Å²) in [5, 5.41) is 0. The predicted molar refractivity (Wildman–Crippen MR) is 134 cm³/mol. The van der Waals surface area contributed by atoms with Crippen LogP contribution < -0.4 is 0 Å². The molecule has 2 nitrogen and oxygen atoms in total. The Morgan fingerprint density at radius 3 is 1.43 bits per heavy atom. The van der Waals surface area contributed by atoms with Gasteiger partial charge in [-0.2, -0.15) is 0 Å². The summed E-state index contributed by atoms with van der Waals surface area (Å²) in [6.07, 6.45) is 34.3. The summed E-state index contributed by atoms with van der Waals surface area (Å²) < 4.78 is 11.1. The molecule has 0 aromatic rings. The van der Waals surface area contributed by atoms with Gasteiger partial charge in [0.1, 0.15) is 6.79 Å². The minimum atomic E-state index is 0.457. The van der Waals surface area contributed by atoms with Crippen molar-refractivity contribution < 1.29 is 9.47 Å². The first-order valence-electron chi connectivity index (χ1n) is 13.4. The van der Waals surface area contributed by atoms with Crippen molar-refractivity contribution in [3.05, 3.63) is 24.3 Å². The quantitative estimate of drug-likeness (QED) is 0.0828. The van der Waals surface area contributed by atoms with Crippen molar-refractivity contribution in [3.8, 4) is 0 Å². The Balaban J connectivity index is 3.10. The molecular weight excluding hydrogens is 368 g/mol. The lowest BCUT2D eigenvalue weighted by Gasteiger charge is -2.05. The van der Waals surface area contributed by atoms with E-state index < -0.39 is 0 Å². The average molecular weight is 423 g/mol. The zero-order valence-electron chi connectivity index (χ0n) is 20.7. The second-order valence-electron chi connectivity index (χ2n) is 8.63. The molecule has 0 aliphatic heterocycles.